The second-order valence-electron chi connectivity index (χ2n) is 6.55. The molecular weight excluding hydrogens is 452 g/mol. The highest BCUT2D eigenvalue weighted by molar-refractivity contribution is 9.10. The average molecular weight is 472 g/mol. The quantitative estimate of drug-likeness (QED) is 0.709. The number of carbonyl (C=O) groups excluding carboxylic acids is 1. The van der Waals surface area contributed by atoms with Crippen molar-refractivity contribution in [2.75, 3.05) is 11.9 Å². The molecule has 0 bridgehead atoms. The van der Waals surface area contributed by atoms with Crippen LogP contribution < -0.4 is 5.32 Å². The van der Waals surface area contributed by atoms with E-state index in [4.69, 9.17) is 11.6 Å². The van der Waals surface area contributed by atoms with Gasteiger partial charge >= 0.3 is 0 Å². The second-order valence-corrected chi connectivity index (χ2v) is 9.77. The summed E-state index contributed by atoms with van der Waals surface area (Å²) in [6, 6.07) is 11.0. The topological polar surface area (TPSA) is 66.5 Å². The third-order valence-corrected chi connectivity index (χ3v) is 7.32. The van der Waals surface area contributed by atoms with Gasteiger partial charge in [0.25, 0.3) is 0 Å². The number of rotatable bonds is 4. The van der Waals surface area contributed by atoms with E-state index in [1.807, 2.05) is 13.0 Å². The standard InChI is InChI=1S/C19H20BrClN2O3S/c1-13-5-10-17(16(21)12-13)22-19(24)18-4-2-3-11-23(18)27(25,26)15-8-6-14(20)7-9-15/h5-10,12,18H,2-4,11H2,1H3,(H,22,24). The van der Waals surface area contributed by atoms with E-state index in [9.17, 15) is 13.2 Å². The number of sulfonamides is 1. The van der Waals surface area contributed by atoms with Crippen molar-refractivity contribution in [3.63, 3.8) is 0 Å². The zero-order chi connectivity index (χ0) is 19.6. The molecule has 1 unspecified atom stereocenters. The van der Waals surface area contributed by atoms with E-state index < -0.39 is 16.1 Å². The van der Waals surface area contributed by atoms with Gasteiger partial charge in [-0.15, -0.1) is 0 Å². The minimum Gasteiger partial charge on any atom is -0.323 e. The molecule has 0 aromatic heterocycles. The molecule has 144 valence electrons. The van der Waals surface area contributed by atoms with Crippen LogP contribution in [0.2, 0.25) is 5.02 Å². The fourth-order valence-electron chi connectivity index (χ4n) is 3.13. The lowest BCUT2D eigenvalue weighted by Gasteiger charge is -2.33. The number of anilines is 1. The molecule has 5 nitrogen and oxygen atoms in total. The molecular formula is C19H20BrClN2O3S. The number of amides is 1. The lowest BCUT2D eigenvalue weighted by atomic mass is 10.0. The highest BCUT2D eigenvalue weighted by Crippen LogP contribution is 2.28. The Balaban J connectivity index is 1.86. The van der Waals surface area contributed by atoms with Gasteiger partial charge in [0.1, 0.15) is 6.04 Å². The average Bonchev–Trinajstić information content (AvgIpc) is 2.64. The Bertz CT molecular complexity index is 948. The van der Waals surface area contributed by atoms with Gasteiger partial charge in [-0.05, 0) is 61.7 Å². The van der Waals surface area contributed by atoms with Crippen LogP contribution in [-0.2, 0) is 14.8 Å². The van der Waals surface area contributed by atoms with Crippen molar-refractivity contribution in [2.24, 2.45) is 0 Å². The van der Waals surface area contributed by atoms with E-state index in [0.29, 0.717) is 23.7 Å². The Kier molecular flexibility index (Phi) is 6.25. The molecule has 3 rings (SSSR count). The molecule has 2 aromatic rings. The molecule has 0 radical (unpaired) electrons. The first kappa shape index (κ1) is 20.3. The van der Waals surface area contributed by atoms with Crippen molar-refractivity contribution < 1.29 is 13.2 Å². The number of benzene rings is 2. The molecule has 1 heterocycles. The van der Waals surface area contributed by atoms with Gasteiger partial charge in [-0.3, -0.25) is 4.79 Å². The number of nitrogens with one attached hydrogen (secondary N) is 1. The van der Waals surface area contributed by atoms with Gasteiger partial charge in [0.05, 0.1) is 15.6 Å². The van der Waals surface area contributed by atoms with Crippen molar-refractivity contribution in [1.82, 2.24) is 4.31 Å². The summed E-state index contributed by atoms with van der Waals surface area (Å²) in [5, 5.41) is 3.22. The Morgan fingerprint density at radius 1 is 1.19 bits per heavy atom. The molecule has 27 heavy (non-hydrogen) atoms. The SMILES string of the molecule is Cc1ccc(NC(=O)C2CCCCN2S(=O)(=O)c2ccc(Br)cc2)c(Cl)c1. The predicted octanol–water partition coefficient (Wildman–Crippen LogP) is 4.59. The summed E-state index contributed by atoms with van der Waals surface area (Å²) in [6.07, 6.45) is 2.00. The van der Waals surface area contributed by atoms with E-state index in [1.165, 1.54) is 4.31 Å². The van der Waals surface area contributed by atoms with Gasteiger partial charge in [-0.2, -0.15) is 4.31 Å². The first-order chi connectivity index (χ1) is 12.8. The minimum absolute atomic E-state index is 0.179. The second kappa shape index (κ2) is 8.31. The summed E-state index contributed by atoms with van der Waals surface area (Å²) >= 11 is 9.51. The van der Waals surface area contributed by atoms with E-state index in [2.05, 4.69) is 21.2 Å². The molecule has 2 aromatic carbocycles. The van der Waals surface area contributed by atoms with Crippen molar-refractivity contribution >= 4 is 49.1 Å². The van der Waals surface area contributed by atoms with E-state index in [0.717, 1.165) is 22.9 Å². The molecule has 1 aliphatic rings. The lowest BCUT2D eigenvalue weighted by Crippen LogP contribution is -2.49. The van der Waals surface area contributed by atoms with Gasteiger partial charge < -0.3 is 5.32 Å². The van der Waals surface area contributed by atoms with Crippen molar-refractivity contribution in [2.45, 2.75) is 37.1 Å². The maximum atomic E-state index is 13.1. The lowest BCUT2D eigenvalue weighted by molar-refractivity contribution is -0.120. The zero-order valence-electron chi connectivity index (χ0n) is 14.8. The summed E-state index contributed by atoms with van der Waals surface area (Å²) in [6.45, 7) is 2.23. The number of hydrogen-bond acceptors (Lipinski definition) is 3. The Hall–Kier alpha value is -1.41. The summed E-state index contributed by atoms with van der Waals surface area (Å²) in [5.41, 5.74) is 1.47. The third kappa shape index (κ3) is 4.54. The number of aryl methyl sites for hydroxylation is 1. The Morgan fingerprint density at radius 3 is 2.56 bits per heavy atom. The van der Waals surface area contributed by atoms with Crippen LogP contribution >= 0.6 is 27.5 Å². The van der Waals surface area contributed by atoms with Gasteiger partial charge in [0.15, 0.2) is 0 Å². The molecule has 8 heteroatoms. The maximum absolute atomic E-state index is 13.1. The summed E-state index contributed by atoms with van der Waals surface area (Å²) < 4.78 is 28.3. The van der Waals surface area contributed by atoms with Crippen LogP contribution in [0.25, 0.3) is 0 Å². The van der Waals surface area contributed by atoms with E-state index >= 15 is 0 Å². The predicted molar refractivity (Wildman–Crippen MR) is 110 cm³/mol. The third-order valence-electron chi connectivity index (χ3n) is 4.56. The van der Waals surface area contributed by atoms with Gasteiger partial charge in [-0.1, -0.05) is 40.0 Å². The maximum Gasteiger partial charge on any atom is 0.243 e. The van der Waals surface area contributed by atoms with E-state index in [1.54, 1.807) is 36.4 Å². The Morgan fingerprint density at radius 2 is 1.89 bits per heavy atom. The van der Waals surface area contributed by atoms with Crippen molar-refractivity contribution in [3.05, 3.63) is 57.5 Å². The summed E-state index contributed by atoms with van der Waals surface area (Å²) in [4.78, 5) is 13.0. The van der Waals surface area contributed by atoms with Crippen molar-refractivity contribution in [3.8, 4) is 0 Å². The van der Waals surface area contributed by atoms with Crippen LogP contribution in [0.3, 0.4) is 0 Å². The van der Waals surface area contributed by atoms with Crippen LogP contribution in [0, 0.1) is 6.92 Å². The fourth-order valence-corrected chi connectivity index (χ4v) is 5.34. The minimum atomic E-state index is -3.76. The Labute approximate surface area is 172 Å². The molecule has 0 spiro atoms. The smallest absolute Gasteiger partial charge is 0.243 e. The first-order valence-electron chi connectivity index (χ1n) is 8.63. The number of carbonyl (C=O) groups is 1. The highest BCUT2D eigenvalue weighted by Gasteiger charge is 2.37. The molecule has 1 N–H and O–H groups in total. The van der Waals surface area contributed by atoms with Crippen LogP contribution in [0.15, 0.2) is 51.8 Å². The summed E-state index contributed by atoms with van der Waals surface area (Å²) in [7, 11) is -3.76. The zero-order valence-corrected chi connectivity index (χ0v) is 17.9. The molecule has 1 amide bonds. The molecule has 0 aliphatic carbocycles. The first-order valence-corrected chi connectivity index (χ1v) is 11.2. The summed E-state index contributed by atoms with van der Waals surface area (Å²) in [5.74, 6) is -0.360. The van der Waals surface area contributed by atoms with Gasteiger partial charge in [0.2, 0.25) is 15.9 Å². The number of nitrogens with zero attached hydrogens (tertiary/aromatic N) is 1. The molecule has 1 aliphatic heterocycles. The fraction of sp³-hybridized carbons (Fsp3) is 0.316. The van der Waals surface area contributed by atoms with Crippen LogP contribution in [0.1, 0.15) is 24.8 Å². The van der Waals surface area contributed by atoms with Crippen LogP contribution in [0.4, 0.5) is 5.69 Å². The monoisotopic (exact) mass is 470 g/mol. The molecule has 1 fully saturated rings. The number of piperidine rings is 1. The van der Waals surface area contributed by atoms with Crippen molar-refractivity contribution in [1.29, 1.82) is 0 Å². The largest absolute Gasteiger partial charge is 0.323 e. The van der Waals surface area contributed by atoms with Crippen LogP contribution in [0.5, 0.6) is 0 Å². The van der Waals surface area contributed by atoms with Gasteiger partial charge in [0, 0.05) is 11.0 Å². The van der Waals surface area contributed by atoms with Crippen LogP contribution in [-0.4, -0.2) is 31.2 Å². The molecule has 1 saturated heterocycles. The normalized spacial score (nSPS) is 18.3. The van der Waals surface area contributed by atoms with Gasteiger partial charge in [-0.25, -0.2) is 8.42 Å². The molecule has 0 saturated carbocycles. The highest BCUT2D eigenvalue weighted by atomic mass is 79.9. The van der Waals surface area contributed by atoms with E-state index in [-0.39, 0.29) is 10.8 Å². The number of hydrogen-bond donors (Lipinski definition) is 1. The number of halogens is 2. The molecule has 1 atom stereocenters.